The van der Waals surface area contributed by atoms with Gasteiger partial charge in [-0.1, -0.05) is 0 Å². The Morgan fingerprint density at radius 3 is 2.72 bits per heavy atom. The van der Waals surface area contributed by atoms with Crippen LogP contribution in [0.5, 0.6) is 0 Å². The van der Waals surface area contributed by atoms with E-state index in [9.17, 15) is 8.42 Å². The van der Waals surface area contributed by atoms with E-state index in [0.29, 0.717) is 11.3 Å². The van der Waals surface area contributed by atoms with E-state index in [1.165, 1.54) is 12.1 Å². The van der Waals surface area contributed by atoms with Crippen LogP contribution in [0.2, 0.25) is 0 Å². The second-order valence-corrected chi connectivity index (χ2v) is 6.26. The van der Waals surface area contributed by atoms with Gasteiger partial charge in [-0.15, -0.1) is 0 Å². The second-order valence-electron chi connectivity index (χ2n) is 4.24. The minimum Gasteiger partial charge on any atom is -0.394 e. The van der Waals surface area contributed by atoms with Gasteiger partial charge in [0.1, 0.15) is 5.82 Å². The molecule has 1 aromatic carbocycles. The quantitative estimate of drug-likeness (QED) is 0.815. The van der Waals surface area contributed by atoms with Crippen LogP contribution in [0.25, 0.3) is 11.0 Å². The van der Waals surface area contributed by atoms with E-state index in [-0.39, 0.29) is 11.5 Å². The third-order valence-corrected chi connectivity index (χ3v) is 3.95. The highest BCUT2D eigenvalue weighted by Gasteiger charge is 2.16. The van der Waals surface area contributed by atoms with Gasteiger partial charge in [-0.2, -0.15) is 0 Å². The number of aliphatic hydroxyl groups excluding tert-OH is 1. The topological polar surface area (TPSA) is 98.2 Å². The second kappa shape index (κ2) is 4.34. The summed E-state index contributed by atoms with van der Waals surface area (Å²) in [5.41, 5.74) is 7.07. The predicted molar refractivity (Wildman–Crippen MR) is 67.8 cm³/mol. The summed E-state index contributed by atoms with van der Waals surface area (Å²) in [7, 11) is -1.48. The van der Waals surface area contributed by atoms with Gasteiger partial charge in [-0.05, 0) is 18.2 Å². The summed E-state index contributed by atoms with van der Waals surface area (Å²) in [4.78, 5) is 4.49. The molecule has 0 amide bonds. The zero-order chi connectivity index (χ0) is 13.5. The van der Waals surface area contributed by atoms with Crippen LogP contribution in [0, 0.1) is 0 Å². The smallest absolute Gasteiger partial charge is 0.175 e. The van der Waals surface area contributed by atoms with Crippen LogP contribution < -0.4 is 5.73 Å². The largest absolute Gasteiger partial charge is 0.394 e. The van der Waals surface area contributed by atoms with Gasteiger partial charge in [0.2, 0.25) is 0 Å². The Labute approximate surface area is 105 Å². The monoisotopic (exact) mass is 269 g/mol. The highest BCUT2D eigenvalue weighted by atomic mass is 32.2. The van der Waals surface area contributed by atoms with E-state index < -0.39 is 15.9 Å². The Hall–Kier alpha value is -1.44. The molecule has 1 unspecified atom stereocenters. The van der Waals surface area contributed by atoms with Gasteiger partial charge in [0.15, 0.2) is 9.84 Å². The average molecular weight is 269 g/mol. The number of aromatic nitrogens is 2. The molecule has 6 nitrogen and oxygen atoms in total. The van der Waals surface area contributed by atoms with Gasteiger partial charge >= 0.3 is 0 Å². The Bertz CT molecular complexity index is 691. The Morgan fingerprint density at radius 1 is 1.50 bits per heavy atom. The first-order chi connectivity index (χ1) is 8.34. The zero-order valence-electron chi connectivity index (χ0n) is 10.2. The minimum absolute atomic E-state index is 0.212. The number of hydrogen-bond acceptors (Lipinski definition) is 5. The molecule has 0 aliphatic heterocycles. The average Bonchev–Trinajstić information content (AvgIpc) is 2.64. The van der Waals surface area contributed by atoms with Crippen LogP contribution in [0.3, 0.4) is 0 Å². The standard InChI is InChI=1S/C11H15N3O3S/c1-14-10-4-3-7(18(2,16)17)5-9(10)13-11(14)8(12)6-15/h3-5,8,15H,6,12H2,1-2H3. The molecule has 0 saturated carbocycles. The van der Waals surface area contributed by atoms with E-state index in [4.69, 9.17) is 10.8 Å². The number of fused-ring (bicyclic) bond motifs is 1. The maximum absolute atomic E-state index is 11.5. The lowest BCUT2D eigenvalue weighted by Gasteiger charge is -2.07. The van der Waals surface area contributed by atoms with Gasteiger partial charge in [-0.25, -0.2) is 13.4 Å². The number of benzene rings is 1. The summed E-state index contributed by atoms with van der Waals surface area (Å²) in [6.07, 6.45) is 1.15. The van der Waals surface area contributed by atoms with E-state index in [1.54, 1.807) is 17.7 Å². The number of nitrogens with zero attached hydrogens (tertiary/aromatic N) is 2. The normalized spacial score (nSPS) is 14.0. The molecule has 0 saturated heterocycles. The molecule has 0 aliphatic carbocycles. The lowest BCUT2D eigenvalue weighted by molar-refractivity contribution is 0.262. The summed E-state index contributed by atoms with van der Waals surface area (Å²) in [5.74, 6) is 0.526. The Kier molecular flexibility index (Phi) is 3.14. The Balaban J connectivity index is 2.66. The number of imidazole rings is 1. The predicted octanol–water partition coefficient (Wildman–Crippen LogP) is -0.0311. The van der Waals surface area contributed by atoms with Crippen molar-refractivity contribution < 1.29 is 13.5 Å². The number of nitrogens with two attached hydrogens (primary N) is 1. The van der Waals surface area contributed by atoms with Crippen LogP contribution in [0.1, 0.15) is 11.9 Å². The number of hydrogen-bond donors (Lipinski definition) is 2. The molecular formula is C11H15N3O3S. The van der Waals surface area contributed by atoms with Crippen molar-refractivity contribution in [2.24, 2.45) is 12.8 Å². The molecule has 3 N–H and O–H groups in total. The highest BCUT2D eigenvalue weighted by Crippen LogP contribution is 2.21. The number of aliphatic hydroxyl groups is 1. The van der Waals surface area contributed by atoms with Gasteiger partial charge in [0.05, 0.1) is 28.6 Å². The van der Waals surface area contributed by atoms with Crippen molar-refractivity contribution in [2.75, 3.05) is 12.9 Å². The van der Waals surface area contributed by atoms with Crippen molar-refractivity contribution in [1.82, 2.24) is 9.55 Å². The lowest BCUT2D eigenvalue weighted by atomic mass is 10.3. The van der Waals surface area contributed by atoms with Gasteiger partial charge in [-0.3, -0.25) is 0 Å². The van der Waals surface area contributed by atoms with E-state index in [0.717, 1.165) is 11.8 Å². The highest BCUT2D eigenvalue weighted by molar-refractivity contribution is 7.90. The van der Waals surface area contributed by atoms with Crippen molar-refractivity contribution in [3.8, 4) is 0 Å². The molecule has 0 aliphatic rings. The third-order valence-electron chi connectivity index (χ3n) is 2.84. The summed E-state index contributed by atoms with van der Waals surface area (Å²) >= 11 is 0. The van der Waals surface area contributed by atoms with Crippen LogP contribution in [-0.4, -0.2) is 35.9 Å². The van der Waals surface area contributed by atoms with Crippen LogP contribution in [-0.2, 0) is 16.9 Å². The maximum Gasteiger partial charge on any atom is 0.175 e. The SMILES string of the molecule is Cn1c(C(N)CO)nc2cc(S(C)(=O)=O)ccc21. The Morgan fingerprint density at radius 2 is 2.17 bits per heavy atom. The molecular weight excluding hydrogens is 254 g/mol. The number of rotatable bonds is 3. The van der Waals surface area contributed by atoms with Crippen molar-refractivity contribution in [1.29, 1.82) is 0 Å². The molecule has 0 bridgehead atoms. The molecule has 0 radical (unpaired) electrons. The third kappa shape index (κ3) is 2.12. The van der Waals surface area contributed by atoms with Gasteiger partial charge in [0.25, 0.3) is 0 Å². The molecule has 2 rings (SSSR count). The van der Waals surface area contributed by atoms with Crippen molar-refractivity contribution >= 4 is 20.9 Å². The molecule has 1 atom stereocenters. The summed E-state index contributed by atoms with van der Waals surface area (Å²) < 4.78 is 24.7. The molecule has 2 aromatic rings. The van der Waals surface area contributed by atoms with E-state index >= 15 is 0 Å². The molecule has 0 spiro atoms. The van der Waals surface area contributed by atoms with E-state index in [2.05, 4.69) is 4.98 Å². The van der Waals surface area contributed by atoms with Crippen LogP contribution in [0.4, 0.5) is 0 Å². The summed E-state index contributed by atoms with van der Waals surface area (Å²) in [5, 5.41) is 9.05. The van der Waals surface area contributed by atoms with E-state index in [1.807, 2.05) is 0 Å². The molecule has 1 aromatic heterocycles. The van der Waals surface area contributed by atoms with Crippen molar-refractivity contribution in [3.63, 3.8) is 0 Å². The van der Waals surface area contributed by atoms with Crippen molar-refractivity contribution in [3.05, 3.63) is 24.0 Å². The fourth-order valence-corrected chi connectivity index (χ4v) is 2.48. The first kappa shape index (κ1) is 13.0. The molecule has 18 heavy (non-hydrogen) atoms. The first-order valence-corrected chi connectivity index (χ1v) is 7.26. The lowest BCUT2D eigenvalue weighted by Crippen LogP contribution is -2.18. The van der Waals surface area contributed by atoms with Gasteiger partial charge in [0, 0.05) is 13.3 Å². The number of aryl methyl sites for hydroxylation is 1. The molecule has 98 valence electrons. The van der Waals surface area contributed by atoms with Crippen LogP contribution in [0.15, 0.2) is 23.1 Å². The zero-order valence-corrected chi connectivity index (χ0v) is 11.0. The van der Waals surface area contributed by atoms with Crippen molar-refractivity contribution in [2.45, 2.75) is 10.9 Å². The maximum atomic E-state index is 11.5. The fourth-order valence-electron chi connectivity index (χ4n) is 1.84. The number of sulfone groups is 1. The molecule has 7 heteroatoms. The minimum atomic E-state index is -3.25. The fraction of sp³-hybridized carbons (Fsp3) is 0.364. The van der Waals surface area contributed by atoms with Crippen LogP contribution >= 0.6 is 0 Å². The molecule has 0 fully saturated rings. The van der Waals surface area contributed by atoms with Gasteiger partial charge < -0.3 is 15.4 Å². The molecule has 1 heterocycles. The first-order valence-electron chi connectivity index (χ1n) is 5.37. The summed E-state index contributed by atoms with van der Waals surface area (Å²) in [6.45, 7) is -0.212. The summed E-state index contributed by atoms with van der Waals surface area (Å²) in [6, 6.07) is 4.15.